The summed E-state index contributed by atoms with van der Waals surface area (Å²) in [4.78, 5) is 12.3. The lowest BCUT2D eigenvalue weighted by molar-refractivity contribution is 0.582. The summed E-state index contributed by atoms with van der Waals surface area (Å²) in [6, 6.07) is 10.4. The van der Waals surface area contributed by atoms with Gasteiger partial charge in [0.2, 0.25) is 0 Å². The summed E-state index contributed by atoms with van der Waals surface area (Å²) in [5.74, 6) is 0. The molecule has 0 amide bonds. The Kier molecular flexibility index (Phi) is 3.82. The fraction of sp³-hybridized carbons (Fsp3) is 0.400. The molecule has 1 aromatic heterocycles. The molecule has 0 radical (unpaired) electrons. The van der Waals surface area contributed by atoms with Gasteiger partial charge in [-0.2, -0.15) is 0 Å². The highest BCUT2D eigenvalue weighted by molar-refractivity contribution is 5.79. The second kappa shape index (κ2) is 5.36. The van der Waals surface area contributed by atoms with Crippen LogP contribution in [0.3, 0.4) is 0 Å². The predicted molar refractivity (Wildman–Crippen MR) is 75.9 cm³/mol. The van der Waals surface area contributed by atoms with Crippen LogP contribution in [0.25, 0.3) is 10.9 Å². The molecule has 1 aromatic carbocycles. The van der Waals surface area contributed by atoms with Gasteiger partial charge in [0.15, 0.2) is 0 Å². The SMILES string of the molecule is CCn1c(=O)c(CNC(C)C)cc2ccccc21. The first kappa shape index (κ1) is 12.8. The number of benzene rings is 1. The summed E-state index contributed by atoms with van der Waals surface area (Å²) >= 11 is 0. The van der Waals surface area contributed by atoms with Gasteiger partial charge in [0.25, 0.3) is 5.56 Å². The summed E-state index contributed by atoms with van der Waals surface area (Å²) in [5.41, 5.74) is 1.96. The van der Waals surface area contributed by atoms with Crippen LogP contribution in [0.5, 0.6) is 0 Å². The smallest absolute Gasteiger partial charge is 0.255 e. The minimum atomic E-state index is 0.115. The van der Waals surface area contributed by atoms with Gasteiger partial charge >= 0.3 is 0 Å². The van der Waals surface area contributed by atoms with Crippen LogP contribution < -0.4 is 10.9 Å². The molecule has 18 heavy (non-hydrogen) atoms. The molecule has 1 heterocycles. The number of aryl methyl sites for hydroxylation is 1. The molecule has 0 aliphatic carbocycles. The average molecular weight is 244 g/mol. The van der Waals surface area contributed by atoms with E-state index in [1.54, 1.807) is 0 Å². The Bertz CT molecular complexity index is 599. The number of rotatable bonds is 4. The molecule has 2 aromatic rings. The van der Waals surface area contributed by atoms with E-state index in [0.29, 0.717) is 19.1 Å². The highest BCUT2D eigenvalue weighted by atomic mass is 16.1. The predicted octanol–water partition coefficient (Wildman–Crippen LogP) is 2.52. The second-order valence-electron chi connectivity index (χ2n) is 4.81. The van der Waals surface area contributed by atoms with E-state index < -0.39 is 0 Å². The van der Waals surface area contributed by atoms with E-state index in [2.05, 4.69) is 25.2 Å². The van der Waals surface area contributed by atoms with Gasteiger partial charge in [0, 0.05) is 24.7 Å². The van der Waals surface area contributed by atoms with Crippen molar-refractivity contribution in [2.45, 2.75) is 39.9 Å². The Balaban J connectivity index is 2.54. The molecule has 0 fully saturated rings. The topological polar surface area (TPSA) is 34.0 Å². The van der Waals surface area contributed by atoms with E-state index in [4.69, 9.17) is 0 Å². The largest absolute Gasteiger partial charge is 0.310 e. The van der Waals surface area contributed by atoms with Crippen LogP contribution in [0, 0.1) is 0 Å². The fourth-order valence-electron chi connectivity index (χ4n) is 2.14. The Labute approximate surface area is 107 Å². The Hall–Kier alpha value is -1.61. The maximum atomic E-state index is 12.3. The quantitative estimate of drug-likeness (QED) is 0.896. The summed E-state index contributed by atoms with van der Waals surface area (Å²) in [7, 11) is 0. The number of nitrogens with one attached hydrogen (secondary N) is 1. The highest BCUT2D eigenvalue weighted by Crippen LogP contribution is 2.13. The minimum absolute atomic E-state index is 0.115. The second-order valence-corrected chi connectivity index (χ2v) is 4.81. The maximum absolute atomic E-state index is 12.3. The molecule has 3 nitrogen and oxygen atoms in total. The molecule has 3 heteroatoms. The third kappa shape index (κ3) is 2.46. The number of hydrogen-bond donors (Lipinski definition) is 1. The van der Waals surface area contributed by atoms with Crippen molar-refractivity contribution < 1.29 is 0 Å². The number of hydrogen-bond acceptors (Lipinski definition) is 2. The van der Waals surface area contributed by atoms with Crippen molar-refractivity contribution >= 4 is 10.9 Å². The molecule has 0 saturated carbocycles. The lowest BCUT2D eigenvalue weighted by Crippen LogP contribution is -2.29. The summed E-state index contributed by atoms with van der Waals surface area (Å²) in [5, 5.41) is 4.43. The lowest BCUT2D eigenvalue weighted by atomic mass is 10.1. The van der Waals surface area contributed by atoms with Gasteiger partial charge in [0.1, 0.15) is 0 Å². The number of para-hydroxylation sites is 1. The molecule has 0 aliphatic heterocycles. The number of pyridine rings is 1. The Morgan fingerprint density at radius 3 is 2.67 bits per heavy atom. The number of aromatic nitrogens is 1. The first-order chi connectivity index (χ1) is 8.63. The first-order valence-electron chi connectivity index (χ1n) is 6.48. The van der Waals surface area contributed by atoms with Crippen molar-refractivity contribution in [2.75, 3.05) is 0 Å². The van der Waals surface area contributed by atoms with Gasteiger partial charge in [-0.05, 0) is 24.4 Å². The zero-order valence-electron chi connectivity index (χ0n) is 11.2. The highest BCUT2D eigenvalue weighted by Gasteiger charge is 2.07. The van der Waals surface area contributed by atoms with Crippen molar-refractivity contribution in [3.05, 3.63) is 46.2 Å². The summed E-state index contributed by atoms with van der Waals surface area (Å²) < 4.78 is 1.84. The van der Waals surface area contributed by atoms with E-state index in [0.717, 1.165) is 16.5 Å². The zero-order valence-corrected chi connectivity index (χ0v) is 11.2. The van der Waals surface area contributed by atoms with E-state index in [1.165, 1.54) is 0 Å². The first-order valence-corrected chi connectivity index (χ1v) is 6.48. The van der Waals surface area contributed by atoms with Gasteiger partial charge in [-0.1, -0.05) is 32.0 Å². The number of fused-ring (bicyclic) bond motifs is 1. The molecule has 0 spiro atoms. The third-order valence-corrected chi connectivity index (χ3v) is 3.09. The van der Waals surface area contributed by atoms with Crippen LogP contribution >= 0.6 is 0 Å². The van der Waals surface area contributed by atoms with E-state index in [1.807, 2.05) is 35.8 Å². The standard InChI is InChI=1S/C15H20N2O/c1-4-17-14-8-6-5-7-12(14)9-13(15(17)18)10-16-11(2)3/h5-9,11,16H,4,10H2,1-3H3. The average Bonchev–Trinajstić information content (AvgIpc) is 2.36. The Morgan fingerprint density at radius 2 is 2.00 bits per heavy atom. The molecular weight excluding hydrogens is 224 g/mol. The zero-order chi connectivity index (χ0) is 13.1. The minimum Gasteiger partial charge on any atom is -0.310 e. The Morgan fingerprint density at radius 1 is 1.28 bits per heavy atom. The van der Waals surface area contributed by atoms with E-state index in [-0.39, 0.29) is 5.56 Å². The molecule has 0 unspecified atom stereocenters. The van der Waals surface area contributed by atoms with Crippen LogP contribution in [-0.2, 0) is 13.1 Å². The van der Waals surface area contributed by atoms with Gasteiger partial charge in [-0.3, -0.25) is 4.79 Å². The summed E-state index contributed by atoms with van der Waals surface area (Å²) in [6.45, 7) is 7.50. The van der Waals surface area contributed by atoms with Crippen molar-refractivity contribution in [1.29, 1.82) is 0 Å². The monoisotopic (exact) mass is 244 g/mol. The molecule has 2 rings (SSSR count). The van der Waals surface area contributed by atoms with Crippen molar-refractivity contribution in [3.8, 4) is 0 Å². The molecule has 0 atom stereocenters. The van der Waals surface area contributed by atoms with Crippen LogP contribution in [0.4, 0.5) is 0 Å². The van der Waals surface area contributed by atoms with Crippen molar-refractivity contribution in [2.24, 2.45) is 0 Å². The van der Waals surface area contributed by atoms with Crippen molar-refractivity contribution in [3.63, 3.8) is 0 Å². The maximum Gasteiger partial charge on any atom is 0.255 e. The molecule has 1 N–H and O–H groups in total. The molecule has 0 bridgehead atoms. The van der Waals surface area contributed by atoms with Gasteiger partial charge in [0.05, 0.1) is 5.52 Å². The molecule has 96 valence electrons. The normalized spacial score (nSPS) is 11.3. The third-order valence-electron chi connectivity index (χ3n) is 3.09. The van der Waals surface area contributed by atoms with Crippen molar-refractivity contribution in [1.82, 2.24) is 9.88 Å². The molecule has 0 saturated heterocycles. The molecular formula is C15H20N2O. The van der Waals surface area contributed by atoms with Crippen LogP contribution in [0.2, 0.25) is 0 Å². The fourth-order valence-corrected chi connectivity index (χ4v) is 2.14. The number of nitrogens with zero attached hydrogens (tertiary/aromatic N) is 1. The van der Waals surface area contributed by atoms with Gasteiger partial charge < -0.3 is 9.88 Å². The van der Waals surface area contributed by atoms with E-state index >= 15 is 0 Å². The van der Waals surface area contributed by atoms with Crippen LogP contribution in [0.15, 0.2) is 35.1 Å². The van der Waals surface area contributed by atoms with Gasteiger partial charge in [-0.25, -0.2) is 0 Å². The van der Waals surface area contributed by atoms with Crippen LogP contribution in [0.1, 0.15) is 26.3 Å². The van der Waals surface area contributed by atoms with Crippen LogP contribution in [-0.4, -0.2) is 10.6 Å². The van der Waals surface area contributed by atoms with E-state index in [9.17, 15) is 4.79 Å². The lowest BCUT2D eigenvalue weighted by Gasteiger charge is -2.12. The molecule has 0 aliphatic rings. The van der Waals surface area contributed by atoms with Gasteiger partial charge in [-0.15, -0.1) is 0 Å². The summed E-state index contributed by atoms with van der Waals surface area (Å²) in [6.07, 6.45) is 0.